The van der Waals surface area contributed by atoms with Gasteiger partial charge in [0, 0.05) is 24.2 Å². The van der Waals surface area contributed by atoms with Crippen LogP contribution in [-0.2, 0) is 19.1 Å². The Labute approximate surface area is 223 Å². The van der Waals surface area contributed by atoms with Gasteiger partial charge in [-0.1, -0.05) is 39.0 Å². The number of fused-ring (bicyclic) bond motifs is 5. The van der Waals surface area contributed by atoms with Gasteiger partial charge in [-0.25, -0.2) is 4.79 Å². The minimum Gasteiger partial charge on any atom is -0.458 e. The number of carbonyl (C=O) groups excluding carboxylic acids is 3. The Morgan fingerprint density at radius 1 is 1.03 bits per heavy atom. The number of esters is 2. The summed E-state index contributed by atoms with van der Waals surface area (Å²) in [7, 11) is 0. The molecule has 1 unspecified atom stereocenters. The number of hydrogen-bond acceptors (Lipinski definition) is 8. The maximum atomic E-state index is 14.3. The van der Waals surface area contributed by atoms with Crippen LogP contribution in [0.5, 0.6) is 0 Å². The molecule has 0 radical (unpaired) electrons. The van der Waals surface area contributed by atoms with E-state index < -0.39 is 64.0 Å². The average Bonchev–Trinajstić information content (AvgIpc) is 2.84. The van der Waals surface area contributed by atoms with E-state index in [1.165, 1.54) is 6.92 Å². The molecule has 0 heterocycles. The summed E-state index contributed by atoms with van der Waals surface area (Å²) in [5.74, 6) is -2.69. The number of Topliss-reactive ketones (excluding diaryl/α,β-unsaturated/α-hetero) is 1. The van der Waals surface area contributed by atoms with Gasteiger partial charge in [0.25, 0.3) is 0 Å². The maximum absolute atomic E-state index is 14.3. The standard InChI is InChI=1S/C30H38O8/c1-16-20(32)15-30(36)25(37-26(35)18-9-7-6-8-10-18)23-28(5,24(34)22(33)21(16)27(30,3)4)13-11-19-12-14-29(19,23)38-17(2)31/h6-10,19-20,22-23,25,32-33,36H,11-15H2,1-5H3/t19?,20-,22+,23-,25-,28+,29-,30+/m0/s1. The topological polar surface area (TPSA) is 130 Å². The lowest BCUT2D eigenvalue weighted by Crippen LogP contribution is -2.76. The second-order valence-corrected chi connectivity index (χ2v) is 12.5. The largest absolute Gasteiger partial charge is 0.458 e. The van der Waals surface area contributed by atoms with Crippen LogP contribution in [0.15, 0.2) is 41.5 Å². The van der Waals surface area contributed by atoms with E-state index in [0.717, 1.165) is 6.42 Å². The molecule has 206 valence electrons. The molecule has 8 atom stereocenters. The molecule has 3 N–H and O–H groups in total. The van der Waals surface area contributed by atoms with Gasteiger partial charge in [-0.15, -0.1) is 0 Å². The fourth-order valence-electron chi connectivity index (χ4n) is 8.21. The molecule has 8 heteroatoms. The van der Waals surface area contributed by atoms with Gasteiger partial charge in [-0.3, -0.25) is 9.59 Å². The summed E-state index contributed by atoms with van der Waals surface area (Å²) in [4.78, 5) is 40.3. The quantitative estimate of drug-likeness (QED) is 0.405. The van der Waals surface area contributed by atoms with Gasteiger partial charge in [-0.2, -0.15) is 0 Å². The summed E-state index contributed by atoms with van der Waals surface area (Å²) in [5, 5.41) is 35.4. The van der Waals surface area contributed by atoms with Crippen molar-refractivity contribution in [3.8, 4) is 0 Å². The van der Waals surface area contributed by atoms with Crippen LogP contribution in [0.25, 0.3) is 0 Å². The summed E-state index contributed by atoms with van der Waals surface area (Å²) in [5.41, 5.74) is -4.61. The van der Waals surface area contributed by atoms with Crippen molar-refractivity contribution in [3.63, 3.8) is 0 Å². The van der Waals surface area contributed by atoms with Gasteiger partial charge in [0.05, 0.1) is 17.6 Å². The number of hydrogen-bond donors (Lipinski definition) is 3. The lowest BCUT2D eigenvalue weighted by atomic mass is 9.41. The van der Waals surface area contributed by atoms with Crippen LogP contribution in [0, 0.1) is 22.7 Å². The molecule has 0 amide bonds. The van der Waals surface area contributed by atoms with E-state index in [1.807, 2.05) is 0 Å². The van der Waals surface area contributed by atoms with Crippen LogP contribution >= 0.6 is 0 Å². The second-order valence-electron chi connectivity index (χ2n) is 12.5. The van der Waals surface area contributed by atoms with E-state index in [0.29, 0.717) is 24.8 Å². The molecule has 4 aliphatic rings. The molecule has 3 saturated carbocycles. The lowest BCUT2D eigenvalue weighted by Gasteiger charge is -2.67. The van der Waals surface area contributed by atoms with Crippen LogP contribution < -0.4 is 0 Å². The van der Waals surface area contributed by atoms with Crippen LogP contribution in [0.4, 0.5) is 0 Å². The SMILES string of the molecule is CC(=O)O[C@@]12CCC1CC[C@@]1(C)C(=O)[C@H](O)C3=C(C)[C@@H](O)C[C@@](O)([C@@H](OC(=O)c4ccccc4)[C@@H]12)C3(C)C. The first-order valence-corrected chi connectivity index (χ1v) is 13.5. The third-order valence-corrected chi connectivity index (χ3v) is 10.4. The van der Waals surface area contributed by atoms with Crippen LogP contribution in [0.2, 0.25) is 0 Å². The fourth-order valence-corrected chi connectivity index (χ4v) is 8.21. The molecule has 4 aliphatic carbocycles. The zero-order valence-corrected chi connectivity index (χ0v) is 22.7. The molecule has 0 aliphatic heterocycles. The van der Waals surface area contributed by atoms with Crippen LogP contribution in [0.3, 0.4) is 0 Å². The minimum absolute atomic E-state index is 0.0799. The van der Waals surface area contributed by atoms with Crippen molar-refractivity contribution in [1.82, 2.24) is 0 Å². The van der Waals surface area contributed by atoms with Crippen molar-refractivity contribution in [2.45, 2.75) is 96.2 Å². The first kappa shape index (κ1) is 27.0. The number of benzene rings is 1. The monoisotopic (exact) mass is 526 g/mol. The summed E-state index contributed by atoms with van der Waals surface area (Å²) in [6.07, 6.45) is -2.03. The fraction of sp³-hybridized carbons (Fsp3) is 0.633. The number of carbonyl (C=O) groups is 3. The van der Waals surface area contributed by atoms with E-state index in [2.05, 4.69) is 0 Å². The highest BCUT2D eigenvalue weighted by molar-refractivity contribution is 5.93. The second kappa shape index (κ2) is 8.73. The van der Waals surface area contributed by atoms with Crippen molar-refractivity contribution in [2.75, 3.05) is 0 Å². The predicted octanol–water partition coefficient (Wildman–Crippen LogP) is 3.12. The third-order valence-electron chi connectivity index (χ3n) is 10.4. The molecule has 38 heavy (non-hydrogen) atoms. The lowest BCUT2D eigenvalue weighted by molar-refractivity contribution is -0.280. The summed E-state index contributed by atoms with van der Waals surface area (Å²) < 4.78 is 12.3. The van der Waals surface area contributed by atoms with Crippen LogP contribution in [-0.4, -0.2) is 62.6 Å². The Bertz CT molecular complexity index is 1200. The average molecular weight is 527 g/mol. The predicted molar refractivity (Wildman–Crippen MR) is 137 cm³/mol. The molecule has 1 aromatic carbocycles. The van der Waals surface area contributed by atoms with Gasteiger partial charge in [0.2, 0.25) is 0 Å². The summed E-state index contributed by atoms with van der Waals surface area (Å²) >= 11 is 0. The Kier molecular flexibility index (Phi) is 6.21. The van der Waals surface area contributed by atoms with Crippen molar-refractivity contribution in [3.05, 3.63) is 47.0 Å². The number of ketones is 1. The number of rotatable bonds is 3. The van der Waals surface area contributed by atoms with Crippen molar-refractivity contribution in [2.24, 2.45) is 22.7 Å². The summed E-state index contributed by atoms with van der Waals surface area (Å²) in [6, 6.07) is 8.39. The van der Waals surface area contributed by atoms with Gasteiger partial charge < -0.3 is 24.8 Å². The molecular weight excluding hydrogens is 488 g/mol. The zero-order chi connectivity index (χ0) is 27.8. The number of aliphatic hydroxyl groups is 3. The van der Waals surface area contributed by atoms with E-state index >= 15 is 0 Å². The van der Waals surface area contributed by atoms with E-state index in [4.69, 9.17) is 9.47 Å². The third kappa shape index (κ3) is 3.49. The molecule has 5 rings (SSSR count). The van der Waals surface area contributed by atoms with E-state index in [9.17, 15) is 29.7 Å². The van der Waals surface area contributed by atoms with Gasteiger partial charge in [0.15, 0.2) is 5.78 Å². The normalized spacial score (nSPS) is 41.6. The number of aliphatic hydroxyl groups excluding tert-OH is 2. The molecule has 0 saturated heterocycles. The number of ether oxygens (including phenoxy) is 2. The Morgan fingerprint density at radius 3 is 2.24 bits per heavy atom. The molecule has 3 fully saturated rings. The molecular formula is C30H38O8. The first-order valence-electron chi connectivity index (χ1n) is 13.5. The van der Waals surface area contributed by atoms with Gasteiger partial charge in [0.1, 0.15) is 23.4 Å². The highest BCUT2D eigenvalue weighted by Gasteiger charge is 2.74. The zero-order valence-electron chi connectivity index (χ0n) is 22.7. The van der Waals surface area contributed by atoms with Crippen LogP contribution in [0.1, 0.15) is 77.1 Å². The highest BCUT2D eigenvalue weighted by Crippen LogP contribution is 2.66. The Morgan fingerprint density at radius 2 is 1.66 bits per heavy atom. The highest BCUT2D eigenvalue weighted by atomic mass is 16.6. The molecule has 2 bridgehead atoms. The molecule has 1 aromatic rings. The van der Waals surface area contributed by atoms with Crippen molar-refractivity contribution >= 4 is 17.7 Å². The smallest absolute Gasteiger partial charge is 0.338 e. The Balaban J connectivity index is 1.78. The van der Waals surface area contributed by atoms with E-state index in [-0.39, 0.29) is 23.5 Å². The van der Waals surface area contributed by atoms with Crippen molar-refractivity contribution < 1.29 is 39.2 Å². The minimum atomic E-state index is -1.88. The van der Waals surface area contributed by atoms with Gasteiger partial charge in [-0.05, 0) is 61.8 Å². The first-order chi connectivity index (χ1) is 17.7. The summed E-state index contributed by atoms with van der Waals surface area (Å²) in [6.45, 7) is 8.12. The molecule has 0 spiro atoms. The van der Waals surface area contributed by atoms with Crippen molar-refractivity contribution in [1.29, 1.82) is 0 Å². The molecule has 8 nitrogen and oxygen atoms in total. The van der Waals surface area contributed by atoms with E-state index in [1.54, 1.807) is 58.0 Å². The van der Waals surface area contributed by atoms with Gasteiger partial charge >= 0.3 is 11.9 Å². The maximum Gasteiger partial charge on any atom is 0.338 e. The Hall–Kier alpha value is -2.55. The molecule has 0 aromatic heterocycles.